The summed E-state index contributed by atoms with van der Waals surface area (Å²) in [5.74, 6) is 0. The second kappa shape index (κ2) is 9.75. The molecule has 0 radical (unpaired) electrons. The SMILES string of the molecule is CCC(C)N(C)CC1(CNCCOC)CCCCCC1. The third-order valence-corrected chi connectivity index (χ3v) is 5.08. The highest BCUT2D eigenvalue weighted by Gasteiger charge is 2.32. The van der Waals surface area contributed by atoms with Crippen LogP contribution in [0, 0.1) is 5.41 Å². The maximum atomic E-state index is 5.15. The van der Waals surface area contributed by atoms with E-state index in [0.717, 1.165) is 19.7 Å². The van der Waals surface area contributed by atoms with E-state index >= 15 is 0 Å². The zero-order valence-corrected chi connectivity index (χ0v) is 14.2. The highest BCUT2D eigenvalue weighted by Crippen LogP contribution is 2.35. The van der Waals surface area contributed by atoms with Gasteiger partial charge in [-0.05, 0) is 38.6 Å². The van der Waals surface area contributed by atoms with E-state index in [1.54, 1.807) is 7.11 Å². The van der Waals surface area contributed by atoms with Crippen molar-refractivity contribution in [3.8, 4) is 0 Å². The molecule has 0 saturated heterocycles. The van der Waals surface area contributed by atoms with Gasteiger partial charge in [0.2, 0.25) is 0 Å². The number of nitrogens with zero attached hydrogens (tertiary/aromatic N) is 1. The molecule has 3 nitrogen and oxygen atoms in total. The van der Waals surface area contributed by atoms with Gasteiger partial charge in [-0.2, -0.15) is 0 Å². The highest BCUT2D eigenvalue weighted by molar-refractivity contribution is 4.87. The quantitative estimate of drug-likeness (QED) is 0.519. The number of hydrogen-bond donors (Lipinski definition) is 1. The van der Waals surface area contributed by atoms with E-state index in [4.69, 9.17) is 4.74 Å². The molecular formula is C17H36N2O. The smallest absolute Gasteiger partial charge is 0.0587 e. The fraction of sp³-hybridized carbons (Fsp3) is 1.00. The van der Waals surface area contributed by atoms with Gasteiger partial charge in [-0.1, -0.05) is 32.6 Å². The molecule has 0 aromatic carbocycles. The number of hydrogen-bond acceptors (Lipinski definition) is 3. The Morgan fingerprint density at radius 3 is 2.40 bits per heavy atom. The minimum atomic E-state index is 0.475. The van der Waals surface area contributed by atoms with Crippen LogP contribution in [0.1, 0.15) is 58.8 Å². The van der Waals surface area contributed by atoms with Gasteiger partial charge in [0.25, 0.3) is 0 Å². The number of nitrogens with one attached hydrogen (secondary N) is 1. The van der Waals surface area contributed by atoms with Crippen LogP contribution < -0.4 is 5.32 Å². The van der Waals surface area contributed by atoms with Crippen molar-refractivity contribution in [1.29, 1.82) is 0 Å². The summed E-state index contributed by atoms with van der Waals surface area (Å²) >= 11 is 0. The Labute approximate surface area is 126 Å². The van der Waals surface area contributed by atoms with E-state index in [1.165, 1.54) is 51.5 Å². The average Bonchev–Trinajstić information content (AvgIpc) is 2.68. The molecule has 1 unspecified atom stereocenters. The summed E-state index contributed by atoms with van der Waals surface area (Å²) in [5, 5.41) is 3.64. The zero-order chi connectivity index (χ0) is 14.8. The van der Waals surface area contributed by atoms with Crippen LogP contribution in [-0.4, -0.2) is 51.3 Å². The standard InChI is InChI=1S/C17H36N2O/c1-5-16(2)19(3)15-17(14-18-12-13-20-4)10-8-6-7-9-11-17/h16,18H,5-15H2,1-4H3. The van der Waals surface area contributed by atoms with E-state index in [2.05, 4.69) is 31.1 Å². The van der Waals surface area contributed by atoms with Crippen LogP contribution >= 0.6 is 0 Å². The lowest BCUT2D eigenvalue weighted by molar-refractivity contribution is 0.114. The van der Waals surface area contributed by atoms with Crippen LogP contribution in [0.4, 0.5) is 0 Å². The van der Waals surface area contributed by atoms with Crippen molar-refractivity contribution in [3.05, 3.63) is 0 Å². The molecule has 0 heterocycles. The van der Waals surface area contributed by atoms with Gasteiger partial charge in [0.1, 0.15) is 0 Å². The monoisotopic (exact) mass is 284 g/mol. The van der Waals surface area contributed by atoms with Gasteiger partial charge in [0, 0.05) is 32.8 Å². The molecule has 1 aliphatic carbocycles. The first-order valence-corrected chi connectivity index (χ1v) is 8.53. The van der Waals surface area contributed by atoms with E-state index in [1.807, 2.05) is 0 Å². The van der Waals surface area contributed by atoms with E-state index in [-0.39, 0.29) is 0 Å². The molecule has 1 rings (SSSR count). The molecular weight excluding hydrogens is 248 g/mol. The van der Waals surface area contributed by atoms with Crippen LogP contribution in [0.15, 0.2) is 0 Å². The fourth-order valence-electron chi connectivity index (χ4n) is 3.39. The molecule has 1 atom stereocenters. The van der Waals surface area contributed by atoms with Gasteiger partial charge < -0.3 is 15.0 Å². The summed E-state index contributed by atoms with van der Waals surface area (Å²) < 4.78 is 5.15. The maximum Gasteiger partial charge on any atom is 0.0587 e. The summed E-state index contributed by atoms with van der Waals surface area (Å²) in [7, 11) is 4.08. The molecule has 0 amide bonds. The topological polar surface area (TPSA) is 24.5 Å². The molecule has 20 heavy (non-hydrogen) atoms. The Morgan fingerprint density at radius 1 is 1.20 bits per heavy atom. The first kappa shape index (κ1) is 17.9. The van der Waals surface area contributed by atoms with Crippen molar-refractivity contribution in [3.63, 3.8) is 0 Å². The predicted octanol–water partition coefficient (Wildman–Crippen LogP) is 3.29. The minimum Gasteiger partial charge on any atom is -0.383 e. The molecule has 1 fully saturated rings. The largest absolute Gasteiger partial charge is 0.383 e. The third-order valence-electron chi connectivity index (χ3n) is 5.08. The van der Waals surface area contributed by atoms with Crippen molar-refractivity contribution in [1.82, 2.24) is 10.2 Å². The Kier molecular flexibility index (Phi) is 8.74. The maximum absolute atomic E-state index is 5.15. The number of rotatable bonds is 9. The molecule has 1 N–H and O–H groups in total. The molecule has 3 heteroatoms. The molecule has 0 aromatic heterocycles. The van der Waals surface area contributed by atoms with Crippen molar-refractivity contribution < 1.29 is 4.74 Å². The van der Waals surface area contributed by atoms with Crippen LogP contribution in [0.25, 0.3) is 0 Å². The molecule has 0 spiro atoms. The molecule has 0 bridgehead atoms. The van der Waals surface area contributed by atoms with Gasteiger partial charge in [0.15, 0.2) is 0 Å². The minimum absolute atomic E-state index is 0.475. The van der Waals surface area contributed by atoms with Crippen molar-refractivity contribution in [2.45, 2.75) is 64.8 Å². The van der Waals surface area contributed by atoms with Gasteiger partial charge in [-0.3, -0.25) is 0 Å². The van der Waals surface area contributed by atoms with Crippen molar-refractivity contribution >= 4 is 0 Å². The van der Waals surface area contributed by atoms with Crippen molar-refractivity contribution in [2.24, 2.45) is 5.41 Å². The average molecular weight is 284 g/mol. The lowest BCUT2D eigenvalue weighted by atomic mass is 9.79. The first-order valence-electron chi connectivity index (χ1n) is 8.53. The predicted molar refractivity (Wildman–Crippen MR) is 87.3 cm³/mol. The van der Waals surface area contributed by atoms with E-state index in [0.29, 0.717) is 11.5 Å². The molecule has 1 aliphatic rings. The number of methoxy groups -OCH3 is 1. The second-order valence-electron chi connectivity index (χ2n) is 6.76. The summed E-state index contributed by atoms with van der Waals surface area (Å²) in [4.78, 5) is 2.57. The summed E-state index contributed by atoms with van der Waals surface area (Å²) in [6, 6.07) is 0.689. The van der Waals surface area contributed by atoms with Crippen LogP contribution in [0.5, 0.6) is 0 Å². The molecule has 0 aromatic rings. The first-order chi connectivity index (χ1) is 9.63. The second-order valence-corrected chi connectivity index (χ2v) is 6.76. The van der Waals surface area contributed by atoms with Crippen molar-refractivity contribution in [2.75, 3.05) is 40.4 Å². The third kappa shape index (κ3) is 6.11. The molecule has 1 saturated carbocycles. The Bertz CT molecular complexity index is 237. The Morgan fingerprint density at radius 2 is 1.85 bits per heavy atom. The highest BCUT2D eigenvalue weighted by atomic mass is 16.5. The molecule has 120 valence electrons. The lowest BCUT2D eigenvalue weighted by Crippen LogP contribution is -2.45. The van der Waals surface area contributed by atoms with Gasteiger partial charge >= 0.3 is 0 Å². The van der Waals surface area contributed by atoms with Gasteiger partial charge in [-0.25, -0.2) is 0 Å². The lowest BCUT2D eigenvalue weighted by Gasteiger charge is -2.39. The zero-order valence-electron chi connectivity index (χ0n) is 14.2. The van der Waals surface area contributed by atoms with E-state index in [9.17, 15) is 0 Å². The molecule has 0 aliphatic heterocycles. The van der Waals surface area contributed by atoms with Crippen LogP contribution in [-0.2, 0) is 4.74 Å². The van der Waals surface area contributed by atoms with E-state index < -0.39 is 0 Å². The fourth-order valence-corrected chi connectivity index (χ4v) is 3.39. The summed E-state index contributed by atoms with van der Waals surface area (Å²) in [6.07, 6.45) is 9.66. The van der Waals surface area contributed by atoms with Crippen LogP contribution in [0.2, 0.25) is 0 Å². The number of ether oxygens (including phenoxy) is 1. The van der Waals surface area contributed by atoms with Crippen LogP contribution in [0.3, 0.4) is 0 Å². The normalized spacial score (nSPS) is 20.9. The summed E-state index contributed by atoms with van der Waals surface area (Å²) in [5.41, 5.74) is 0.475. The van der Waals surface area contributed by atoms with Gasteiger partial charge in [0.05, 0.1) is 6.61 Å². The Hall–Kier alpha value is -0.120. The summed E-state index contributed by atoms with van der Waals surface area (Å²) in [6.45, 7) is 8.82. The van der Waals surface area contributed by atoms with Gasteiger partial charge in [-0.15, -0.1) is 0 Å². The Balaban J connectivity index is 2.57.